The van der Waals surface area contributed by atoms with E-state index in [1.165, 1.54) is 0 Å². The van der Waals surface area contributed by atoms with Crippen LogP contribution in [-0.4, -0.2) is 75.4 Å². The number of rotatable bonds is 11. The Balaban J connectivity index is 2.03. The zero-order valence-corrected chi connectivity index (χ0v) is 14.5. The molecule has 0 aliphatic carbocycles. The highest BCUT2D eigenvalue weighted by Gasteiger charge is 2.20. The van der Waals surface area contributed by atoms with Crippen LogP contribution in [0.3, 0.4) is 0 Å². The fraction of sp³-hybridized carbons (Fsp3) is 0.938. The van der Waals surface area contributed by atoms with Crippen molar-refractivity contribution in [2.24, 2.45) is 0 Å². The number of likely N-dealkylation sites (tertiary alicyclic amines) is 1. The second-order valence-corrected chi connectivity index (χ2v) is 6.16. The highest BCUT2D eigenvalue weighted by atomic mass is 16.5. The molecular weight excluding hydrogens is 280 g/mol. The number of amides is 1. The Hall–Kier alpha value is -0.690. The molecule has 3 N–H and O–H groups in total. The maximum atomic E-state index is 11.8. The molecule has 1 fully saturated rings. The second-order valence-electron chi connectivity index (χ2n) is 6.16. The van der Waals surface area contributed by atoms with E-state index in [9.17, 15) is 4.79 Å². The van der Waals surface area contributed by atoms with Crippen LogP contribution in [0.5, 0.6) is 0 Å². The van der Waals surface area contributed by atoms with Gasteiger partial charge in [-0.2, -0.15) is 0 Å². The summed E-state index contributed by atoms with van der Waals surface area (Å²) in [5.74, 6) is 0.124. The third-order valence-electron chi connectivity index (χ3n) is 3.78. The minimum atomic E-state index is 0.124. The van der Waals surface area contributed by atoms with E-state index in [0.29, 0.717) is 25.2 Å². The summed E-state index contributed by atoms with van der Waals surface area (Å²) in [7, 11) is 0. The molecule has 130 valence electrons. The number of nitrogens with zero attached hydrogens (tertiary/aromatic N) is 1. The van der Waals surface area contributed by atoms with Crippen LogP contribution in [-0.2, 0) is 9.53 Å². The average molecular weight is 314 g/mol. The maximum Gasteiger partial charge on any atom is 0.234 e. The van der Waals surface area contributed by atoms with Crippen molar-refractivity contribution in [2.75, 3.05) is 52.4 Å². The van der Waals surface area contributed by atoms with Crippen LogP contribution in [0, 0.1) is 0 Å². The number of likely N-dealkylation sites (N-methyl/N-ethyl adjacent to an activating group) is 1. The molecule has 0 bridgehead atoms. The molecule has 0 saturated carbocycles. The molecule has 0 aromatic heterocycles. The highest BCUT2D eigenvalue weighted by Crippen LogP contribution is 2.13. The van der Waals surface area contributed by atoms with Gasteiger partial charge in [-0.25, -0.2) is 0 Å². The molecule has 1 aliphatic rings. The van der Waals surface area contributed by atoms with Crippen molar-refractivity contribution in [3.63, 3.8) is 0 Å². The molecule has 22 heavy (non-hydrogen) atoms. The average Bonchev–Trinajstić information content (AvgIpc) is 2.49. The fourth-order valence-electron chi connectivity index (χ4n) is 2.53. The molecule has 0 aromatic carbocycles. The Kier molecular flexibility index (Phi) is 10.4. The maximum absolute atomic E-state index is 11.8. The Morgan fingerprint density at radius 3 is 2.59 bits per heavy atom. The number of nitrogens with one attached hydrogen (secondary N) is 3. The lowest BCUT2D eigenvalue weighted by molar-refractivity contribution is -0.122. The van der Waals surface area contributed by atoms with Crippen LogP contribution in [0.4, 0.5) is 0 Å². The van der Waals surface area contributed by atoms with E-state index in [1.807, 2.05) is 0 Å². The van der Waals surface area contributed by atoms with Gasteiger partial charge in [-0.05, 0) is 19.4 Å². The molecule has 1 amide bonds. The summed E-state index contributed by atoms with van der Waals surface area (Å²) in [5.41, 5.74) is 0. The van der Waals surface area contributed by atoms with E-state index in [-0.39, 0.29) is 5.91 Å². The monoisotopic (exact) mass is 314 g/mol. The molecule has 0 atom stereocenters. The first-order chi connectivity index (χ1) is 10.6. The van der Waals surface area contributed by atoms with E-state index in [2.05, 4.69) is 41.6 Å². The molecule has 6 nitrogen and oxygen atoms in total. The Morgan fingerprint density at radius 1 is 1.23 bits per heavy atom. The molecule has 1 heterocycles. The number of hydrogen-bond donors (Lipinski definition) is 3. The van der Waals surface area contributed by atoms with Crippen molar-refractivity contribution in [1.82, 2.24) is 20.9 Å². The van der Waals surface area contributed by atoms with Crippen LogP contribution < -0.4 is 16.0 Å². The van der Waals surface area contributed by atoms with Gasteiger partial charge in [0, 0.05) is 38.8 Å². The lowest BCUT2D eigenvalue weighted by Gasteiger charge is -2.31. The molecule has 0 aromatic rings. The lowest BCUT2D eigenvalue weighted by Crippen LogP contribution is -2.44. The largest absolute Gasteiger partial charge is 0.377 e. The van der Waals surface area contributed by atoms with Crippen molar-refractivity contribution in [3.05, 3.63) is 0 Å². The summed E-state index contributed by atoms with van der Waals surface area (Å²) in [5, 5.41) is 9.50. The summed E-state index contributed by atoms with van der Waals surface area (Å²) in [6.45, 7) is 12.9. The zero-order chi connectivity index (χ0) is 16.2. The third kappa shape index (κ3) is 9.35. The standard InChI is InChI=1S/C16H34N4O2/c1-4-17-7-8-19-16(21)13-20-10-5-15(6-11-20)22-12-9-18-14(2)3/h14-15,17-18H,4-13H2,1-3H3,(H,19,21). The Morgan fingerprint density at radius 2 is 1.95 bits per heavy atom. The summed E-state index contributed by atoms with van der Waals surface area (Å²) >= 11 is 0. The van der Waals surface area contributed by atoms with Crippen LogP contribution >= 0.6 is 0 Å². The molecule has 0 spiro atoms. The second kappa shape index (κ2) is 11.8. The topological polar surface area (TPSA) is 65.6 Å². The Labute approximate surface area is 135 Å². The molecule has 0 unspecified atom stereocenters. The van der Waals surface area contributed by atoms with Crippen molar-refractivity contribution in [3.8, 4) is 0 Å². The normalized spacial score (nSPS) is 17.1. The third-order valence-corrected chi connectivity index (χ3v) is 3.78. The van der Waals surface area contributed by atoms with Gasteiger partial charge in [-0.3, -0.25) is 9.69 Å². The molecule has 1 aliphatic heterocycles. The summed E-state index contributed by atoms with van der Waals surface area (Å²) < 4.78 is 5.88. The number of ether oxygens (including phenoxy) is 1. The van der Waals surface area contributed by atoms with Gasteiger partial charge in [0.1, 0.15) is 0 Å². The number of piperidine rings is 1. The predicted octanol–water partition coefficient (Wildman–Crippen LogP) is 0.191. The molecular formula is C16H34N4O2. The summed E-state index contributed by atoms with van der Waals surface area (Å²) in [4.78, 5) is 14.0. The number of carbonyl (C=O) groups is 1. The van der Waals surface area contributed by atoms with Gasteiger partial charge in [0.05, 0.1) is 19.3 Å². The predicted molar refractivity (Wildman–Crippen MR) is 90.1 cm³/mol. The van der Waals surface area contributed by atoms with Gasteiger partial charge in [0.25, 0.3) is 0 Å². The van der Waals surface area contributed by atoms with Crippen LogP contribution in [0.15, 0.2) is 0 Å². The van der Waals surface area contributed by atoms with Gasteiger partial charge < -0.3 is 20.7 Å². The lowest BCUT2D eigenvalue weighted by atomic mass is 10.1. The molecule has 1 saturated heterocycles. The van der Waals surface area contributed by atoms with Gasteiger partial charge >= 0.3 is 0 Å². The van der Waals surface area contributed by atoms with Gasteiger partial charge in [-0.15, -0.1) is 0 Å². The van der Waals surface area contributed by atoms with Crippen molar-refractivity contribution in [2.45, 2.75) is 45.8 Å². The summed E-state index contributed by atoms with van der Waals surface area (Å²) in [6, 6.07) is 0.511. The molecule has 0 radical (unpaired) electrons. The Bertz CT molecular complexity index is 292. The van der Waals surface area contributed by atoms with Crippen molar-refractivity contribution in [1.29, 1.82) is 0 Å². The highest BCUT2D eigenvalue weighted by molar-refractivity contribution is 5.78. The minimum Gasteiger partial charge on any atom is -0.377 e. The quantitative estimate of drug-likeness (QED) is 0.475. The first-order valence-corrected chi connectivity index (χ1v) is 8.66. The first kappa shape index (κ1) is 19.4. The minimum absolute atomic E-state index is 0.124. The van der Waals surface area contributed by atoms with Gasteiger partial charge in [0.15, 0.2) is 0 Å². The van der Waals surface area contributed by atoms with E-state index < -0.39 is 0 Å². The zero-order valence-electron chi connectivity index (χ0n) is 14.5. The van der Waals surface area contributed by atoms with Gasteiger partial charge in [-0.1, -0.05) is 20.8 Å². The molecule has 1 rings (SSSR count). The SMILES string of the molecule is CCNCCNC(=O)CN1CCC(OCCNC(C)C)CC1. The van der Waals surface area contributed by atoms with Gasteiger partial charge in [0.2, 0.25) is 5.91 Å². The van der Waals surface area contributed by atoms with E-state index in [4.69, 9.17) is 4.74 Å². The van der Waals surface area contributed by atoms with Crippen LogP contribution in [0.25, 0.3) is 0 Å². The van der Waals surface area contributed by atoms with Crippen molar-refractivity contribution < 1.29 is 9.53 Å². The van der Waals surface area contributed by atoms with Crippen LogP contribution in [0.1, 0.15) is 33.6 Å². The fourth-order valence-corrected chi connectivity index (χ4v) is 2.53. The number of carbonyl (C=O) groups excluding carboxylic acids is 1. The summed E-state index contributed by atoms with van der Waals surface area (Å²) in [6.07, 6.45) is 2.39. The van der Waals surface area contributed by atoms with E-state index >= 15 is 0 Å². The van der Waals surface area contributed by atoms with E-state index in [0.717, 1.165) is 52.2 Å². The smallest absolute Gasteiger partial charge is 0.234 e. The molecule has 6 heteroatoms. The van der Waals surface area contributed by atoms with Crippen LogP contribution in [0.2, 0.25) is 0 Å². The first-order valence-electron chi connectivity index (χ1n) is 8.66. The van der Waals surface area contributed by atoms with Crippen molar-refractivity contribution >= 4 is 5.91 Å². The van der Waals surface area contributed by atoms with E-state index in [1.54, 1.807) is 0 Å². The number of hydrogen-bond acceptors (Lipinski definition) is 5.